The second kappa shape index (κ2) is 9.32. The lowest BCUT2D eigenvalue weighted by Crippen LogP contribution is -2.40. The van der Waals surface area contributed by atoms with Gasteiger partial charge >= 0.3 is 0 Å². The molecule has 4 rings (SSSR count). The third-order valence-corrected chi connectivity index (χ3v) is 6.24. The Morgan fingerprint density at radius 2 is 1.94 bits per heavy atom. The van der Waals surface area contributed by atoms with Gasteiger partial charge in [0.2, 0.25) is 0 Å². The summed E-state index contributed by atoms with van der Waals surface area (Å²) in [5, 5.41) is 0. The van der Waals surface area contributed by atoms with Crippen LogP contribution < -0.4 is 5.56 Å². The SMILES string of the molecule is Cc1c(C(=O)N2CCc3c(c[nH]c(=O)c3C(=O)N(C)C/C=C/c3ccccc3)C2)ccn1C. The van der Waals surface area contributed by atoms with Crippen LogP contribution in [0.15, 0.2) is 59.7 Å². The highest BCUT2D eigenvalue weighted by Gasteiger charge is 2.29. The number of likely N-dealkylation sites (N-methyl/N-ethyl adjacent to an activating group) is 1. The van der Waals surface area contributed by atoms with Gasteiger partial charge in [0.05, 0.1) is 5.56 Å². The highest BCUT2D eigenvalue weighted by Crippen LogP contribution is 2.23. The molecule has 33 heavy (non-hydrogen) atoms. The van der Waals surface area contributed by atoms with Crippen molar-refractivity contribution in [2.24, 2.45) is 7.05 Å². The molecule has 0 fully saturated rings. The van der Waals surface area contributed by atoms with Crippen LogP contribution in [0, 0.1) is 6.92 Å². The molecular formula is C26H28N4O3. The van der Waals surface area contributed by atoms with Gasteiger partial charge in [-0.05, 0) is 36.1 Å². The minimum absolute atomic E-state index is 0.0407. The predicted molar refractivity (Wildman–Crippen MR) is 128 cm³/mol. The number of amides is 2. The average Bonchev–Trinajstić information content (AvgIpc) is 3.16. The van der Waals surface area contributed by atoms with E-state index in [2.05, 4.69) is 4.98 Å². The van der Waals surface area contributed by atoms with Gasteiger partial charge in [-0.25, -0.2) is 0 Å². The quantitative estimate of drug-likeness (QED) is 0.657. The third kappa shape index (κ3) is 4.53. The van der Waals surface area contributed by atoms with E-state index >= 15 is 0 Å². The molecule has 3 aromatic rings. The minimum atomic E-state index is -0.392. The standard InChI is InChI=1S/C26H28N4O3/c1-18-21(11-14-28(18)2)25(32)30-15-12-22-20(17-30)16-27-24(31)23(22)26(33)29(3)13-7-10-19-8-5-4-6-9-19/h4-11,14,16H,12-13,15,17H2,1-3H3,(H,27,31)/b10-7+. The zero-order valence-electron chi connectivity index (χ0n) is 19.2. The first-order chi connectivity index (χ1) is 15.9. The predicted octanol–water partition coefficient (Wildman–Crippen LogP) is 3.01. The number of nitrogens with one attached hydrogen (secondary N) is 1. The van der Waals surface area contributed by atoms with Gasteiger partial charge in [0.15, 0.2) is 0 Å². The molecule has 2 aromatic heterocycles. The molecule has 7 nitrogen and oxygen atoms in total. The van der Waals surface area contributed by atoms with Gasteiger partial charge in [-0.2, -0.15) is 0 Å². The van der Waals surface area contributed by atoms with Crippen LogP contribution in [-0.4, -0.2) is 51.3 Å². The molecular weight excluding hydrogens is 416 g/mol. The summed E-state index contributed by atoms with van der Waals surface area (Å²) in [6.07, 6.45) is 7.81. The minimum Gasteiger partial charge on any atom is -0.354 e. The average molecular weight is 445 g/mol. The van der Waals surface area contributed by atoms with Gasteiger partial charge in [-0.1, -0.05) is 42.5 Å². The Bertz CT molecular complexity index is 1270. The van der Waals surface area contributed by atoms with Crippen LogP contribution in [-0.2, 0) is 20.0 Å². The number of carbonyl (C=O) groups excluding carboxylic acids is 2. The Kier molecular flexibility index (Phi) is 6.31. The normalized spacial score (nSPS) is 13.2. The third-order valence-electron chi connectivity index (χ3n) is 6.24. The molecule has 0 saturated heterocycles. The smallest absolute Gasteiger partial charge is 0.261 e. The Morgan fingerprint density at radius 1 is 1.18 bits per heavy atom. The van der Waals surface area contributed by atoms with Crippen molar-refractivity contribution in [2.45, 2.75) is 19.9 Å². The van der Waals surface area contributed by atoms with Crippen LogP contribution in [0.5, 0.6) is 0 Å². The Balaban J connectivity index is 1.52. The number of rotatable bonds is 5. The molecule has 0 saturated carbocycles. The summed E-state index contributed by atoms with van der Waals surface area (Å²) >= 11 is 0. The maximum atomic E-state index is 13.2. The molecule has 1 aliphatic rings. The van der Waals surface area contributed by atoms with Crippen molar-refractivity contribution in [3.63, 3.8) is 0 Å². The molecule has 0 unspecified atom stereocenters. The van der Waals surface area contributed by atoms with Crippen LogP contribution in [0.4, 0.5) is 0 Å². The molecule has 0 radical (unpaired) electrons. The lowest BCUT2D eigenvalue weighted by Gasteiger charge is -2.30. The number of hydrogen-bond acceptors (Lipinski definition) is 3. The van der Waals surface area contributed by atoms with Crippen LogP contribution in [0.2, 0.25) is 0 Å². The summed E-state index contributed by atoms with van der Waals surface area (Å²) < 4.78 is 1.92. The van der Waals surface area contributed by atoms with Gasteiger partial charge in [0, 0.05) is 51.8 Å². The molecule has 0 aliphatic carbocycles. The number of aromatic amines is 1. The highest BCUT2D eigenvalue weighted by molar-refractivity contribution is 5.97. The van der Waals surface area contributed by atoms with Crippen molar-refractivity contribution in [1.29, 1.82) is 0 Å². The summed E-state index contributed by atoms with van der Waals surface area (Å²) in [6.45, 7) is 3.12. The molecule has 0 atom stereocenters. The van der Waals surface area contributed by atoms with Gasteiger partial charge in [0.25, 0.3) is 17.4 Å². The number of pyridine rings is 1. The second-order valence-corrected chi connectivity index (χ2v) is 8.40. The van der Waals surface area contributed by atoms with Gasteiger partial charge in [-0.3, -0.25) is 14.4 Å². The monoisotopic (exact) mass is 444 g/mol. The number of benzene rings is 1. The van der Waals surface area contributed by atoms with E-state index in [0.29, 0.717) is 31.6 Å². The van der Waals surface area contributed by atoms with E-state index in [4.69, 9.17) is 0 Å². The van der Waals surface area contributed by atoms with Crippen molar-refractivity contribution in [2.75, 3.05) is 20.1 Å². The van der Waals surface area contributed by atoms with Crippen LogP contribution >= 0.6 is 0 Å². The van der Waals surface area contributed by atoms with E-state index in [0.717, 1.165) is 22.4 Å². The Labute approximate surface area is 193 Å². The number of hydrogen-bond donors (Lipinski definition) is 1. The molecule has 0 bridgehead atoms. The van der Waals surface area contributed by atoms with Crippen molar-refractivity contribution in [3.8, 4) is 0 Å². The number of aromatic nitrogens is 2. The molecule has 1 N–H and O–H groups in total. The number of fused-ring (bicyclic) bond motifs is 1. The van der Waals surface area contributed by atoms with Crippen LogP contribution in [0.1, 0.15) is 43.1 Å². The van der Waals surface area contributed by atoms with Gasteiger partial charge < -0.3 is 19.4 Å². The molecule has 1 aliphatic heterocycles. The Morgan fingerprint density at radius 3 is 2.64 bits per heavy atom. The zero-order valence-corrected chi connectivity index (χ0v) is 19.2. The molecule has 3 heterocycles. The van der Waals surface area contributed by atoms with E-state index in [1.54, 1.807) is 18.1 Å². The van der Waals surface area contributed by atoms with Crippen LogP contribution in [0.3, 0.4) is 0 Å². The van der Waals surface area contributed by atoms with Crippen molar-refractivity contribution < 1.29 is 9.59 Å². The van der Waals surface area contributed by atoms with Gasteiger partial charge in [-0.15, -0.1) is 0 Å². The molecule has 1 aromatic carbocycles. The van der Waals surface area contributed by atoms with E-state index in [1.165, 1.54) is 4.90 Å². The van der Waals surface area contributed by atoms with E-state index in [1.807, 2.05) is 73.3 Å². The van der Waals surface area contributed by atoms with E-state index in [-0.39, 0.29) is 17.4 Å². The first-order valence-corrected chi connectivity index (χ1v) is 11.0. The zero-order chi connectivity index (χ0) is 23.5. The van der Waals surface area contributed by atoms with Gasteiger partial charge in [0.1, 0.15) is 5.56 Å². The molecule has 0 spiro atoms. The maximum Gasteiger partial charge on any atom is 0.261 e. The lowest BCUT2D eigenvalue weighted by atomic mass is 9.95. The molecule has 170 valence electrons. The fraction of sp³-hybridized carbons (Fsp3) is 0.269. The van der Waals surface area contributed by atoms with E-state index in [9.17, 15) is 14.4 Å². The highest BCUT2D eigenvalue weighted by atomic mass is 16.2. The molecule has 7 heteroatoms. The molecule has 2 amide bonds. The number of nitrogens with zero attached hydrogens (tertiary/aromatic N) is 3. The lowest BCUT2D eigenvalue weighted by molar-refractivity contribution is 0.0733. The van der Waals surface area contributed by atoms with Crippen LogP contribution in [0.25, 0.3) is 6.08 Å². The summed E-state index contributed by atoms with van der Waals surface area (Å²) in [5.74, 6) is -0.356. The largest absolute Gasteiger partial charge is 0.354 e. The van der Waals surface area contributed by atoms with Crippen molar-refractivity contribution in [3.05, 3.63) is 98.7 Å². The maximum absolute atomic E-state index is 13.2. The number of H-pyrrole nitrogens is 1. The number of carbonyl (C=O) groups is 2. The topological polar surface area (TPSA) is 78.4 Å². The Hall–Kier alpha value is -3.87. The number of aryl methyl sites for hydroxylation is 1. The summed E-state index contributed by atoms with van der Waals surface area (Å²) in [5.41, 5.74) is 3.95. The first kappa shape index (κ1) is 22.3. The van der Waals surface area contributed by atoms with E-state index < -0.39 is 5.56 Å². The summed E-state index contributed by atoms with van der Waals surface area (Å²) in [7, 11) is 3.60. The summed E-state index contributed by atoms with van der Waals surface area (Å²) in [6, 6.07) is 11.7. The fourth-order valence-corrected chi connectivity index (χ4v) is 4.16. The first-order valence-electron chi connectivity index (χ1n) is 11.0. The fourth-order valence-electron chi connectivity index (χ4n) is 4.16. The van der Waals surface area contributed by atoms with Crippen molar-refractivity contribution >= 4 is 17.9 Å². The van der Waals surface area contributed by atoms with Crippen molar-refractivity contribution in [1.82, 2.24) is 19.4 Å². The summed E-state index contributed by atoms with van der Waals surface area (Å²) in [4.78, 5) is 44.8. The second-order valence-electron chi connectivity index (χ2n) is 8.40.